The molecule has 0 aromatic carbocycles. The third kappa shape index (κ3) is 3.84. The molecule has 1 N–H and O–H groups in total. The van der Waals surface area contributed by atoms with Gasteiger partial charge in [-0.3, -0.25) is 0 Å². The summed E-state index contributed by atoms with van der Waals surface area (Å²) in [6, 6.07) is 0. The van der Waals surface area contributed by atoms with E-state index in [0.29, 0.717) is 24.2 Å². The molecule has 4 unspecified atom stereocenters. The number of esters is 1. The molecule has 11 atom stereocenters. The second-order valence-electron chi connectivity index (χ2n) is 11.2. The average Bonchev–Trinajstić information content (AvgIpc) is 3.46. The van der Waals surface area contributed by atoms with Crippen LogP contribution in [0.15, 0.2) is 59.9 Å². The van der Waals surface area contributed by atoms with Crippen LogP contribution in [-0.2, 0) is 23.7 Å². The number of hydrogen-bond donors (Lipinski definition) is 1. The molecule has 1 saturated heterocycles. The molecule has 0 radical (unpaired) electrons. The Kier molecular flexibility index (Phi) is 6.81. The second kappa shape index (κ2) is 9.62. The van der Waals surface area contributed by atoms with Crippen molar-refractivity contribution < 1.29 is 28.8 Å². The highest BCUT2D eigenvalue weighted by atomic mass is 16.6. The predicted molar refractivity (Wildman–Crippen MR) is 137 cm³/mol. The maximum absolute atomic E-state index is 13.0. The number of rotatable bonds is 4. The van der Waals surface area contributed by atoms with Crippen LogP contribution in [0, 0.1) is 29.6 Å². The summed E-state index contributed by atoms with van der Waals surface area (Å²) in [5.41, 5.74) is 1.03. The number of carbonyl (C=O) groups is 1. The van der Waals surface area contributed by atoms with Crippen molar-refractivity contribution in [3.63, 3.8) is 0 Å². The van der Waals surface area contributed by atoms with E-state index >= 15 is 0 Å². The van der Waals surface area contributed by atoms with Gasteiger partial charge in [0.05, 0.1) is 6.10 Å². The molecule has 1 spiro atoms. The zero-order chi connectivity index (χ0) is 25.8. The van der Waals surface area contributed by atoms with Crippen LogP contribution in [0.3, 0.4) is 0 Å². The molecule has 4 bridgehead atoms. The summed E-state index contributed by atoms with van der Waals surface area (Å²) in [7, 11) is 1.69. The molecule has 2 aliphatic heterocycles. The van der Waals surface area contributed by atoms with Crippen molar-refractivity contribution >= 4 is 5.97 Å². The van der Waals surface area contributed by atoms with Crippen molar-refractivity contribution in [1.82, 2.24) is 0 Å². The Morgan fingerprint density at radius 3 is 2.75 bits per heavy atom. The molecule has 196 valence electrons. The largest absolute Gasteiger partial charge is 0.492 e. The number of carbonyl (C=O) groups excluding carboxylic acids is 1. The summed E-state index contributed by atoms with van der Waals surface area (Å²) >= 11 is 0. The molecule has 1 saturated carbocycles. The number of hydrogen-bond acceptors (Lipinski definition) is 6. The van der Waals surface area contributed by atoms with Crippen molar-refractivity contribution in [3.8, 4) is 0 Å². The molecule has 5 aliphatic rings. The average molecular weight is 497 g/mol. The standard InChI is InChI=1S/C30H40O6/c1-7-23-16(2)14-17(3)30-21(15-24(33-6)19(5)34-23)12-13-22-25(30)26(31)18(4)27(28(22)36-30)35-29(32)20-10-8-9-11-20/h8-10,12-14,16,18,21-28,31H,5,7,11,15H2,1-4,6H3/b17-14+/t16-,18-,21-,22?,23?,24-,25?,26?,27-,28-,30+/m1/s1. The van der Waals surface area contributed by atoms with E-state index in [1.165, 1.54) is 0 Å². The van der Waals surface area contributed by atoms with E-state index in [-0.39, 0.29) is 53.9 Å². The van der Waals surface area contributed by atoms with E-state index in [9.17, 15) is 9.90 Å². The van der Waals surface area contributed by atoms with Crippen LogP contribution >= 0.6 is 0 Å². The molecule has 36 heavy (non-hydrogen) atoms. The quantitative estimate of drug-likeness (QED) is 0.451. The van der Waals surface area contributed by atoms with Crippen LogP contribution < -0.4 is 0 Å². The lowest BCUT2D eigenvalue weighted by molar-refractivity contribution is -0.165. The highest BCUT2D eigenvalue weighted by molar-refractivity contribution is 5.90. The fourth-order valence-corrected chi connectivity index (χ4v) is 7.36. The minimum atomic E-state index is -0.714. The summed E-state index contributed by atoms with van der Waals surface area (Å²) in [5, 5.41) is 11.8. The molecule has 3 aliphatic carbocycles. The summed E-state index contributed by atoms with van der Waals surface area (Å²) in [5.74, 6) is -0.0350. The first-order valence-corrected chi connectivity index (χ1v) is 13.4. The maximum Gasteiger partial charge on any atom is 0.334 e. The van der Waals surface area contributed by atoms with Gasteiger partial charge >= 0.3 is 5.97 Å². The Labute approximate surface area is 214 Å². The fourth-order valence-electron chi connectivity index (χ4n) is 7.36. The fraction of sp³-hybridized carbons (Fsp3) is 0.633. The molecule has 6 nitrogen and oxygen atoms in total. The third-order valence-corrected chi connectivity index (χ3v) is 9.29. The molecule has 2 heterocycles. The number of ether oxygens (including phenoxy) is 4. The highest BCUT2D eigenvalue weighted by Crippen LogP contribution is 2.61. The Balaban J connectivity index is 1.56. The molecule has 0 aromatic rings. The minimum absolute atomic E-state index is 0.0281. The van der Waals surface area contributed by atoms with E-state index in [0.717, 1.165) is 12.0 Å². The zero-order valence-corrected chi connectivity index (χ0v) is 22.1. The van der Waals surface area contributed by atoms with Gasteiger partial charge < -0.3 is 24.1 Å². The van der Waals surface area contributed by atoms with E-state index in [4.69, 9.17) is 18.9 Å². The van der Waals surface area contributed by atoms with Gasteiger partial charge in [-0.2, -0.15) is 0 Å². The first kappa shape index (κ1) is 25.5. The maximum atomic E-state index is 13.0. The van der Waals surface area contributed by atoms with Gasteiger partial charge in [-0.05, 0) is 31.8 Å². The topological polar surface area (TPSA) is 74.2 Å². The number of aliphatic hydroxyl groups is 1. The van der Waals surface area contributed by atoms with Crippen LogP contribution in [0.2, 0.25) is 0 Å². The lowest BCUT2D eigenvalue weighted by atomic mass is 9.57. The first-order chi connectivity index (χ1) is 17.2. The van der Waals surface area contributed by atoms with Crippen LogP contribution in [0.1, 0.15) is 47.0 Å². The predicted octanol–water partition coefficient (Wildman–Crippen LogP) is 4.66. The Bertz CT molecular complexity index is 1020. The van der Waals surface area contributed by atoms with Gasteiger partial charge in [0.2, 0.25) is 0 Å². The van der Waals surface area contributed by atoms with Gasteiger partial charge in [-0.15, -0.1) is 0 Å². The number of aliphatic hydroxyl groups excluding tert-OH is 1. The molecular formula is C30H40O6. The summed E-state index contributed by atoms with van der Waals surface area (Å²) in [6.07, 6.45) is 12.5. The monoisotopic (exact) mass is 496 g/mol. The summed E-state index contributed by atoms with van der Waals surface area (Å²) in [6.45, 7) is 12.6. The number of allylic oxidation sites excluding steroid dienone is 3. The van der Waals surface area contributed by atoms with Crippen LogP contribution in [-0.4, -0.2) is 54.3 Å². The molecule has 2 fully saturated rings. The van der Waals surface area contributed by atoms with E-state index in [2.05, 4.69) is 45.6 Å². The van der Waals surface area contributed by atoms with Gasteiger partial charge in [0.1, 0.15) is 35.8 Å². The van der Waals surface area contributed by atoms with E-state index in [1.807, 2.05) is 19.1 Å². The smallest absolute Gasteiger partial charge is 0.334 e. The molecule has 6 heteroatoms. The van der Waals surface area contributed by atoms with Crippen LogP contribution in [0.5, 0.6) is 0 Å². The van der Waals surface area contributed by atoms with Gasteiger partial charge in [-0.1, -0.05) is 63.8 Å². The Morgan fingerprint density at radius 2 is 2.08 bits per heavy atom. The van der Waals surface area contributed by atoms with Crippen molar-refractivity contribution in [2.24, 2.45) is 29.6 Å². The van der Waals surface area contributed by atoms with Crippen LogP contribution in [0.4, 0.5) is 0 Å². The van der Waals surface area contributed by atoms with Gasteiger partial charge in [-0.25, -0.2) is 4.79 Å². The van der Waals surface area contributed by atoms with Crippen molar-refractivity contribution in [2.75, 3.05) is 7.11 Å². The molecule has 0 amide bonds. The number of methoxy groups -OCH3 is 1. The van der Waals surface area contributed by atoms with Crippen LogP contribution in [0.25, 0.3) is 0 Å². The molecule has 0 aromatic heterocycles. The molecular weight excluding hydrogens is 456 g/mol. The summed E-state index contributed by atoms with van der Waals surface area (Å²) < 4.78 is 25.3. The van der Waals surface area contributed by atoms with Crippen molar-refractivity contribution in [2.45, 2.75) is 83.1 Å². The zero-order valence-electron chi connectivity index (χ0n) is 22.1. The Hall–Kier alpha value is -2.15. The normalized spacial score (nSPS) is 46.9. The first-order valence-electron chi connectivity index (χ1n) is 13.4. The molecule has 5 rings (SSSR count). The van der Waals surface area contributed by atoms with Gasteiger partial charge in [0.25, 0.3) is 0 Å². The van der Waals surface area contributed by atoms with E-state index in [1.54, 1.807) is 13.2 Å². The SMILES string of the molecule is C=C1OC(CC)[C@H](C)/C=C(\C)[C@]23O[C@@H]4C(C=C[C@@H]2C[C@H]1OC)C3C(O)[C@@H](C)[C@H]4OC(=O)C1=CC=CC1. The lowest BCUT2D eigenvalue weighted by Crippen LogP contribution is -2.57. The van der Waals surface area contributed by atoms with Gasteiger partial charge in [0, 0.05) is 42.3 Å². The van der Waals surface area contributed by atoms with Crippen molar-refractivity contribution in [1.29, 1.82) is 0 Å². The third-order valence-electron chi connectivity index (χ3n) is 9.29. The highest BCUT2D eigenvalue weighted by Gasteiger charge is 2.68. The lowest BCUT2D eigenvalue weighted by Gasteiger charge is -2.49. The summed E-state index contributed by atoms with van der Waals surface area (Å²) in [4.78, 5) is 13.0. The Morgan fingerprint density at radius 1 is 1.31 bits per heavy atom. The van der Waals surface area contributed by atoms with Gasteiger partial charge in [0.15, 0.2) is 0 Å². The van der Waals surface area contributed by atoms with Crippen molar-refractivity contribution in [3.05, 3.63) is 59.9 Å². The second-order valence-corrected chi connectivity index (χ2v) is 11.2. The van der Waals surface area contributed by atoms with E-state index < -0.39 is 17.8 Å². The minimum Gasteiger partial charge on any atom is -0.492 e.